The molecule has 4 rings (SSSR count). The molecule has 0 aliphatic carbocycles. The molecule has 0 aromatic carbocycles. The Morgan fingerprint density at radius 2 is 0.667 bits per heavy atom. The molecule has 12 heteroatoms. The van der Waals surface area contributed by atoms with Crippen molar-refractivity contribution in [2.45, 2.75) is 0 Å². The largest absolute Gasteiger partial charge is 0.375 e. The van der Waals surface area contributed by atoms with Gasteiger partial charge in [0.15, 0.2) is 0 Å². The van der Waals surface area contributed by atoms with E-state index in [4.69, 9.17) is 0 Å². The third-order valence-corrected chi connectivity index (χ3v) is 7.30. The number of fused-ring (bicyclic) bond motifs is 6. The topological polar surface area (TPSA) is 92.6 Å². The van der Waals surface area contributed by atoms with Crippen LogP contribution in [0.25, 0.3) is 0 Å². The van der Waals surface area contributed by atoms with Crippen LogP contribution in [0, 0.1) is 0 Å². The third-order valence-electron chi connectivity index (χ3n) is 7.30. The number of rotatable bonds is 0. The van der Waals surface area contributed by atoms with E-state index >= 15 is 0 Å². The minimum absolute atomic E-state index is 0.814. The zero-order valence-corrected chi connectivity index (χ0v) is 22.1. The summed E-state index contributed by atoms with van der Waals surface area (Å²) in [6.07, 6.45) is 5.69. The van der Waals surface area contributed by atoms with Crippen molar-refractivity contribution >= 4 is 19.0 Å². The van der Waals surface area contributed by atoms with Gasteiger partial charge in [-0.2, -0.15) is 0 Å². The first kappa shape index (κ1) is 27.2. The van der Waals surface area contributed by atoms with Crippen LogP contribution in [-0.4, -0.2) is 186 Å². The van der Waals surface area contributed by atoms with Crippen LogP contribution in [0.2, 0.25) is 0 Å². The highest BCUT2D eigenvalue weighted by molar-refractivity contribution is 5.54. The van der Waals surface area contributed by atoms with Crippen molar-refractivity contribution in [2.75, 3.05) is 138 Å². The minimum Gasteiger partial charge on any atom is -0.375 e. The fourth-order valence-corrected chi connectivity index (χ4v) is 5.11. The summed E-state index contributed by atoms with van der Waals surface area (Å²) in [5.41, 5.74) is 0. The van der Waals surface area contributed by atoms with Crippen LogP contribution in [0.1, 0.15) is 0 Å². The molecule has 0 aromatic rings. The van der Waals surface area contributed by atoms with Crippen molar-refractivity contribution in [3.63, 3.8) is 0 Å². The van der Waals surface area contributed by atoms with Gasteiger partial charge in [0.1, 0.15) is 0 Å². The number of nitrogens with one attached hydrogen (secondary N) is 3. The lowest BCUT2D eigenvalue weighted by Crippen LogP contribution is -2.58. The van der Waals surface area contributed by atoms with E-state index in [9.17, 15) is 0 Å². The lowest BCUT2D eigenvalue weighted by Gasteiger charge is -2.44. The van der Waals surface area contributed by atoms with Gasteiger partial charge in [-0.3, -0.25) is 44.4 Å². The normalized spacial score (nSPS) is 36.0. The molecule has 3 N–H and O–H groups in total. The van der Waals surface area contributed by atoms with Gasteiger partial charge in [0.25, 0.3) is 0 Å². The summed E-state index contributed by atoms with van der Waals surface area (Å²) in [7, 11) is 0. The molecule has 0 radical (unpaired) electrons. The van der Waals surface area contributed by atoms with Crippen molar-refractivity contribution in [2.24, 2.45) is 15.0 Å². The number of hydrogen-bond donors (Lipinski definition) is 3. The molecule has 4 aliphatic heterocycles. The molecule has 0 saturated carbocycles. The lowest BCUT2D eigenvalue weighted by molar-refractivity contribution is -0.0380. The Bertz CT molecular complexity index is 686. The molecule has 0 aromatic heterocycles. The van der Waals surface area contributed by atoms with Crippen molar-refractivity contribution in [3.05, 3.63) is 0 Å². The molecule has 6 bridgehead atoms. The molecule has 1 fully saturated rings. The zero-order valence-electron chi connectivity index (χ0n) is 22.1. The van der Waals surface area contributed by atoms with Gasteiger partial charge >= 0.3 is 0 Å². The van der Waals surface area contributed by atoms with E-state index in [1.807, 2.05) is 19.0 Å². The molecule has 6 atom stereocenters. The molecular formula is C24H48N12. The van der Waals surface area contributed by atoms with Crippen molar-refractivity contribution in [3.8, 4) is 0 Å². The Morgan fingerprint density at radius 3 is 1.06 bits per heavy atom. The van der Waals surface area contributed by atoms with Gasteiger partial charge < -0.3 is 16.0 Å². The van der Waals surface area contributed by atoms with Crippen LogP contribution in [0.3, 0.4) is 0 Å². The van der Waals surface area contributed by atoms with E-state index in [1.165, 1.54) is 0 Å². The quantitative estimate of drug-likeness (QED) is 0.333. The van der Waals surface area contributed by atoms with Crippen LogP contribution in [-0.2, 0) is 0 Å². The number of aliphatic imine (C=N–C) groups is 3. The average molecular weight is 505 g/mol. The molecule has 204 valence electrons. The van der Waals surface area contributed by atoms with Crippen LogP contribution in [0.4, 0.5) is 0 Å². The van der Waals surface area contributed by atoms with Gasteiger partial charge in [0, 0.05) is 98.2 Å². The van der Waals surface area contributed by atoms with E-state index in [0.717, 1.165) is 138 Å². The van der Waals surface area contributed by atoms with Gasteiger partial charge in [-0.1, -0.05) is 0 Å². The molecule has 36 heavy (non-hydrogen) atoms. The minimum atomic E-state index is 0.814. The smallest absolute Gasteiger partial charge is 0.0824 e. The fourth-order valence-electron chi connectivity index (χ4n) is 5.11. The standard InChI is InChI=1S/C24H48N12/c1-7-31-8-2-27-20-28-5-11-33-12-6-30-21-29-4-10-32(9-3-26-19-25-1)14-17-35-22-34(16-13-31)23-36(24-35)18-15-33/h19-21H,1-18,22-24H2,(H,25,26)(H,27,28)(H,29,30). The molecule has 4 heterocycles. The van der Waals surface area contributed by atoms with E-state index < -0.39 is 0 Å². The summed E-state index contributed by atoms with van der Waals surface area (Å²) < 4.78 is 0. The number of hydrogen-bond acceptors (Lipinski definition) is 12. The molecule has 1 saturated heterocycles. The van der Waals surface area contributed by atoms with E-state index in [-0.39, 0.29) is 0 Å². The Kier molecular flexibility index (Phi) is 12.2. The summed E-state index contributed by atoms with van der Waals surface area (Å²) in [5, 5.41) is 10.2. The Balaban J connectivity index is 1.54. The predicted octanol–water partition coefficient (Wildman–Crippen LogP) is -2.42. The van der Waals surface area contributed by atoms with E-state index in [0.29, 0.717) is 0 Å². The van der Waals surface area contributed by atoms with Gasteiger partial charge in [-0.25, -0.2) is 0 Å². The second-order valence-corrected chi connectivity index (χ2v) is 10.1. The van der Waals surface area contributed by atoms with E-state index in [2.05, 4.69) is 60.3 Å². The first-order valence-corrected chi connectivity index (χ1v) is 13.8. The number of nitrogens with zero attached hydrogens (tertiary/aromatic N) is 9. The summed E-state index contributed by atoms with van der Waals surface area (Å²) in [5.74, 6) is 0. The van der Waals surface area contributed by atoms with Crippen LogP contribution < -0.4 is 16.0 Å². The Labute approximate surface area is 217 Å². The Hall–Kier alpha value is -1.83. The molecular weight excluding hydrogens is 456 g/mol. The molecule has 6 unspecified atom stereocenters. The maximum absolute atomic E-state index is 4.63. The zero-order chi connectivity index (χ0) is 24.7. The SMILES string of the molecule is C1=NCCN2CCN=CNCCN3CCNC=NCCN(CCN1)CCN1CN(CC2)CN(CC3)C1. The van der Waals surface area contributed by atoms with E-state index in [1.54, 1.807) is 0 Å². The summed E-state index contributed by atoms with van der Waals surface area (Å²) in [4.78, 5) is 29.4. The average Bonchev–Trinajstić information content (AvgIpc) is 2.88. The summed E-state index contributed by atoms with van der Waals surface area (Å²) in [6, 6.07) is 0. The first-order valence-electron chi connectivity index (χ1n) is 13.8. The molecule has 0 amide bonds. The maximum atomic E-state index is 4.63. The maximum Gasteiger partial charge on any atom is 0.0824 e. The molecule has 4 aliphatic rings. The Morgan fingerprint density at radius 1 is 0.361 bits per heavy atom. The highest BCUT2D eigenvalue weighted by Gasteiger charge is 2.24. The first-order chi connectivity index (χ1) is 17.8. The lowest BCUT2D eigenvalue weighted by atomic mass is 10.3. The van der Waals surface area contributed by atoms with Crippen molar-refractivity contribution in [1.82, 2.24) is 45.3 Å². The van der Waals surface area contributed by atoms with Crippen LogP contribution >= 0.6 is 0 Å². The van der Waals surface area contributed by atoms with Gasteiger partial charge in [0.05, 0.1) is 58.7 Å². The predicted molar refractivity (Wildman–Crippen MR) is 148 cm³/mol. The molecule has 0 spiro atoms. The van der Waals surface area contributed by atoms with Gasteiger partial charge in [-0.05, 0) is 0 Å². The third kappa shape index (κ3) is 10.3. The summed E-state index contributed by atoms with van der Waals surface area (Å²) >= 11 is 0. The van der Waals surface area contributed by atoms with Crippen molar-refractivity contribution < 1.29 is 0 Å². The summed E-state index contributed by atoms with van der Waals surface area (Å²) in [6.45, 7) is 20.7. The second kappa shape index (κ2) is 16.1. The molecule has 12 nitrogen and oxygen atoms in total. The van der Waals surface area contributed by atoms with Gasteiger partial charge in [0.2, 0.25) is 0 Å². The van der Waals surface area contributed by atoms with Crippen LogP contribution in [0.5, 0.6) is 0 Å². The highest BCUT2D eigenvalue weighted by Crippen LogP contribution is 2.09. The monoisotopic (exact) mass is 504 g/mol. The fraction of sp³-hybridized carbons (Fsp3) is 0.875. The van der Waals surface area contributed by atoms with Crippen molar-refractivity contribution in [1.29, 1.82) is 0 Å². The highest BCUT2D eigenvalue weighted by atomic mass is 15.5. The second-order valence-electron chi connectivity index (χ2n) is 10.1. The van der Waals surface area contributed by atoms with Gasteiger partial charge in [-0.15, -0.1) is 0 Å². The van der Waals surface area contributed by atoms with Crippen LogP contribution in [0.15, 0.2) is 15.0 Å².